The highest BCUT2D eigenvalue weighted by Gasteiger charge is 2.13. The van der Waals surface area contributed by atoms with Crippen molar-refractivity contribution in [2.24, 2.45) is 0 Å². The van der Waals surface area contributed by atoms with E-state index in [1.165, 1.54) is 20.0 Å². The van der Waals surface area contributed by atoms with Crippen molar-refractivity contribution in [2.75, 3.05) is 0 Å². The fourth-order valence-electron chi connectivity index (χ4n) is 3.04. The van der Waals surface area contributed by atoms with Crippen LogP contribution in [0.4, 0.5) is 0 Å². The van der Waals surface area contributed by atoms with Crippen molar-refractivity contribution in [2.45, 2.75) is 33.3 Å². The van der Waals surface area contributed by atoms with Gasteiger partial charge in [-0.1, -0.05) is 48.5 Å². The zero-order valence-corrected chi connectivity index (χ0v) is 17.2. The van der Waals surface area contributed by atoms with Gasteiger partial charge in [-0.3, -0.25) is 19.4 Å². The minimum atomic E-state index is -0.266. The van der Waals surface area contributed by atoms with E-state index in [1.54, 1.807) is 48.7 Å². The van der Waals surface area contributed by atoms with Gasteiger partial charge in [0.2, 0.25) is 0 Å². The number of Topliss-reactive ketones (excluding diaryl/α,β-unsaturated/α-hetero) is 3. The molecule has 3 rings (SSSR count). The fraction of sp³-hybridized carbons (Fsp3) is 0.200. The summed E-state index contributed by atoms with van der Waals surface area (Å²) in [5, 5.41) is 0. The van der Waals surface area contributed by atoms with Crippen LogP contribution >= 0.6 is 0 Å². The summed E-state index contributed by atoms with van der Waals surface area (Å²) in [4.78, 5) is 39.6. The second-order valence-corrected chi connectivity index (χ2v) is 7.20. The van der Waals surface area contributed by atoms with Crippen LogP contribution in [0.2, 0.25) is 0 Å². The molecule has 0 bridgehead atoms. The van der Waals surface area contributed by atoms with Gasteiger partial charge < -0.3 is 4.74 Å². The summed E-state index contributed by atoms with van der Waals surface area (Å²) < 4.78 is 5.95. The number of hydrogen-bond donors (Lipinski definition) is 0. The molecular formula is C25H23NO4. The summed E-state index contributed by atoms with van der Waals surface area (Å²) in [7, 11) is 0. The van der Waals surface area contributed by atoms with Gasteiger partial charge in [0.15, 0.2) is 17.3 Å². The molecule has 30 heavy (non-hydrogen) atoms. The molecule has 0 spiro atoms. The van der Waals surface area contributed by atoms with E-state index in [1.807, 2.05) is 19.1 Å². The molecule has 5 nitrogen and oxygen atoms in total. The molecule has 0 aliphatic heterocycles. The smallest absolute Gasteiger partial charge is 0.168 e. The lowest BCUT2D eigenvalue weighted by molar-refractivity contribution is 0.0988. The Morgan fingerprint density at radius 1 is 0.833 bits per heavy atom. The van der Waals surface area contributed by atoms with Crippen LogP contribution in [0.3, 0.4) is 0 Å². The van der Waals surface area contributed by atoms with Crippen LogP contribution in [0.15, 0.2) is 67.0 Å². The van der Waals surface area contributed by atoms with E-state index in [2.05, 4.69) is 4.98 Å². The molecule has 1 heterocycles. The van der Waals surface area contributed by atoms with Crippen LogP contribution in [0.25, 0.3) is 0 Å². The Morgan fingerprint density at radius 3 is 1.97 bits per heavy atom. The fourth-order valence-corrected chi connectivity index (χ4v) is 3.04. The molecule has 0 saturated carbocycles. The molecule has 5 heteroatoms. The summed E-state index contributed by atoms with van der Waals surface area (Å²) in [5.41, 5.74) is 3.48. The molecular weight excluding hydrogens is 378 g/mol. The zero-order valence-electron chi connectivity index (χ0n) is 17.2. The Kier molecular flexibility index (Phi) is 6.52. The monoisotopic (exact) mass is 401 g/mol. The summed E-state index contributed by atoms with van der Waals surface area (Å²) in [6.45, 7) is 4.94. The first kappa shape index (κ1) is 21.1. The summed E-state index contributed by atoms with van der Waals surface area (Å²) >= 11 is 0. The number of carbonyl (C=O) groups is 3. The van der Waals surface area contributed by atoms with Crippen molar-refractivity contribution in [3.8, 4) is 5.75 Å². The Morgan fingerprint density at radius 2 is 1.40 bits per heavy atom. The number of hydrogen-bond acceptors (Lipinski definition) is 5. The number of aromatic nitrogens is 1. The summed E-state index contributed by atoms with van der Waals surface area (Å²) in [6, 6.07) is 16.0. The first-order chi connectivity index (χ1) is 14.3. The summed E-state index contributed by atoms with van der Waals surface area (Å²) in [6.07, 6.45) is 3.03. The Hall–Kier alpha value is -3.60. The minimum Gasteiger partial charge on any atom is -0.484 e. The quantitative estimate of drug-likeness (QED) is 0.494. The predicted octanol–water partition coefficient (Wildman–Crippen LogP) is 5.05. The Balaban J connectivity index is 1.68. The second kappa shape index (κ2) is 9.27. The number of ether oxygens (including phenoxy) is 1. The molecule has 0 radical (unpaired) electrons. The van der Waals surface area contributed by atoms with Crippen molar-refractivity contribution < 1.29 is 19.1 Å². The van der Waals surface area contributed by atoms with Crippen LogP contribution < -0.4 is 4.74 Å². The lowest BCUT2D eigenvalue weighted by Gasteiger charge is -2.15. The maximum Gasteiger partial charge on any atom is 0.168 e. The number of carbonyl (C=O) groups excluding carboxylic acids is 3. The summed E-state index contributed by atoms with van der Waals surface area (Å²) in [5.74, 6) is 0.423. The van der Waals surface area contributed by atoms with E-state index in [4.69, 9.17) is 4.74 Å². The van der Waals surface area contributed by atoms with E-state index in [0.29, 0.717) is 22.4 Å². The van der Waals surface area contributed by atoms with Gasteiger partial charge in [-0.05, 0) is 38.0 Å². The van der Waals surface area contributed by atoms with Crippen molar-refractivity contribution >= 4 is 17.3 Å². The third kappa shape index (κ3) is 5.26. The normalized spacial score (nSPS) is 11.6. The highest BCUT2D eigenvalue weighted by Crippen LogP contribution is 2.23. The highest BCUT2D eigenvalue weighted by atomic mass is 16.5. The molecule has 152 valence electrons. The molecule has 0 aliphatic rings. The first-order valence-electron chi connectivity index (χ1n) is 9.69. The largest absolute Gasteiger partial charge is 0.484 e. The van der Waals surface area contributed by atoms with Gasteiger partial charge in [0.05, 0.1) is 6.20 Å². The van der Waals surface area contributed by atoms with Gasteiger partial charge in [0, 0.05) is 29.3 Å². The van der Waals surface area contributed by atoms with Gasteiger partial charge in [0.1, 0.15) is 11.9 Å². The number of pyridine rings is 1. The topological polar surface area (TPSA) is 73.3 Å². The van der Waals surface area contributed by atoms with E-state index in [0.717, 1.165) is 11.1 Å². The number of rotatable bonds is 8. The second-order valence-electron chi connectivity index (χ2n) is 7.20. The van der Waals surface area contributed by atoms with Crippen LogP contribution in [0.5, 0.6) is 5.75 Å². The molecule has 0 amide bonds. The molecule has 0 saturated heterocycles. The number of ketones is 3. The van der Waals surface area contributed by atoms with Crippen molar-refractivity contribution in [1.29, 1.82) is 0 Å². The van der Waals surface area contributed by atoms with Gasteiger partial charge in [-0.25, -0.2) is 0 Å². The highest BCUT2D eigenvalue weighted by molar-refractivity contribution is 5.98. The molecule has 0 N–H and O–H groups in total. The number of benzene rings is 2. The molecule has 0 fully saturated rings. The van der Waals surface area contributed by atoms with E-state index < -0.39 is 0 Å². The van der Waals surface area contributed by atoms with E-state index in [9.17, 15) is 14.4 Å². The average Bonchev–Trinajstić information content (AvgIpc) is 2.74. The molecule has 0 aliphatic carbocycles. The van der Waals surface area contributed by atoms with Gasteiger partial charge in [0.25, 0.3) is 0 Å². The minimum absolute atomic E-state index is 0.00743. The van der Waals surface area contributed by atoms with Gasteiger partial charge >= 0.3 is 0 Å². The molecule has 1 aromatic heterocycles. The maximum absolute atomic E-state index is 12.6. The lowest BCUT2D eigenvalue weighted by atomic mass is 10.0. The maximum atomic E-state index is 12.6. The third-order valence-electron chi connectivity index (χ3n) is 4.86. The Labute approximate surface area is 175 Å². The number of nitrogens with zero attached hydrogens (tertiary/aromatic N) is 1. The van der Waals surface area contributed by atoms with Crippen LogP contribution in [0, 0.1) is 0 Å². The SMILES string of the molecule is CC(=O)c1ccc(CC(=O)c2cncc(O[C@@H](C)c3ccc(C(C)=O)cc3)c2)cc1. The molecule has 1 atom stereocenters. The lowest BCUT2D eigenvalue weighted by Crippen LogP contribution is -2.07. The molecule has 3 aromatic rings. The molecule has 2 aromatic carbocycles. The van der Waals surface area contributed by atoms with Crippen LogP contribution in [-0.2, 0) is 6.42 Å². The van der Waals surface area contributed by atoms with E-state index in [-0.39, 0.29) is 29.9 Å². The molecule has 0 unspecified atom stereocenters. The zero-order chi connectivity index (χ0) is 21.7. The van der Waals surface area contributed by atoms with Crippen molar-refractivity contribution in [3.63, 3.8) is 0 Å². The van der Waals surface area contributed by atoms with Gasteiger partial charge in [-0.2, -0.15) is 0 Å². The van der Waals surface area contributed by atoms with Gasteiger partial charge in [-0.15, -0.1) is 0 Å². The van der Waals surface area contributed by atoms with Crippen molar-refractivity contribution in [1.82, 2.24) is 4.98 Å². The standard InChI is InChI=1S/C25H23NO4/c1-16(27)20-6-4-19(5-7-20)12-25(29)23-13-24(15-26-14-23)30-18(3)22-10-8-21(9-11-22)17(2)28/h4-11,13-15,18H,12H2,1-3H3/t18-/m0/s1. The van der Waals surface area contributed by atoms with Crippen LogP contribution in [0.1, 0.15) is 69.1 Å². The van der Waals surface area contributed by atoms with Crippen molar-refractivity contribution in [3.05, 3.63) is 94.8 Å². The van der Waals surface area contributed by atoms with Crippen LogP contribution in [-0.4, -0.2) is 22.3 Å². The average molecular weight is 401 g/mol. The Bertz CT molecular complexity index is 1070. The first-order valence-corrected chi connectivity index (χ1v) is 9.69. The predicted molar refractivity (Wildman–Crippen MR) is 114 cm³/mol. The third-order valence-corrected chi connectivity index (χ3v) is 4.86. The van der Waals surface area contributed by atoms with E-state index >= 15 is 0 Å².